The molecule has 10 aliphatic carbocycles. The minimum absolute atomic E-state index is 0. The zero-order valence-electron chi connectivity index (χ0n) is 54.7. The van der Waals surface area contributed by atoms with Gasteiger partial charge in [0.05, 0.1) is 18.0 Å². The first-order chi connectivity index (χ1) is 37.6. The van der Waals surface area contributed by atoms with E-state index in [1.54, 1.807) is 0 Å². The molecule has 0 aromatic heterocycles. The van der Waals surface area contributed by atoms with E-state index in [4.69, 9.17) is 24.7 Å². The standard InChI is InChI=1S/C34H53NO5.C30H49NO3.CH2O3.CH4O.2Na.H/c1-21(2)24-11-16-34(19-36)18-17-32(7)25(29(24)34)9-10-27-30(5)14-13-28(35-40-23(4)38)31(6,20-39-22(3)37)26(30)12-15-33(27,32)8;1-19(2)20-9-14-30(18-33)16-15-28(5)21(25(20)30)7-8-23-26(3)12-11-24(31-34)27(4,17-32)22(26)10-13-29(23,28)6;2-1-4-3;1-2;;;/h24-27,29,36H,1,9-20H2,2-8H3;20-23,25,32-34H,1,7-18H2,2-6H3;1,3H;2H,1H3;;;/q;;;;2*+1;-1/p-1/b;31-24-;;;;;/t24-,25+,26+,27+,29+,30-,31+,32+,33+,34+;20-,21+,22+,23+,25+,26-,27+,28+,29+,30+;;;;;/m00...../s1. The molecule has 16 heteroatoms. The molecule has 0 bridgehead atoms. The molecule has 5 N–H and O–H groups in total. The average Bonchev–Trinajstić information content (AvgIpc) is 2.22. The number of fused-ring (bicyclic) bond motifs is 14. The van der Waals surface area contributed by atoms with Crippen LogP contribution in [0.5, 0.6) is 0 Å². The van der Waals surface area contributed by atoms with Gasteiger partial charge < -0.3 is 46.8 Å². The molecule has 10 saturated carbocycles. The molecule has 14 nitrogen and oxygen atoms in total. The maximum Gasteiger partial charge on any atom is 1.00 e. The number of ether oxygens (including phenoxy) is 1. The van der Waals surface area contributed by atoms with Crippen molar-refractivity contribution in [3.63, 3.8) is 0 Å². The molecular weight excluding hydrogens is 1060 g/mol. The molecule has 10 aliphatic rings. The number of nitrogens with zero attached hydrogens (tertiary/aromatic N) is 2. The van der Waals surface area contributed by atoms with Gasteiger partial charge in [-0.3, -0.25) is 9.59 Å². The van der Waals surface area contributed by atoms with E-state index in [0.29, 0.717) is 66.5 Å². The number of hydrogen-bond acceptors (Lipinski definition) is 14. The van der Waals surface area contributed by atoms with Crippen molar-refractivity contribution in [2.75, 3.05) is 33.5 Å². The number of aliphatic hydroxyl groups is 4. The maximum absolute atomic E-state index is 12.0. The third-order valence-corrected chi connectivity index (χ3v) is 27.6. The van der Waals surface area contributed by atoms with Crippen molar-refractivity contribution in [2.24, 2.45) is 124 Å². The van der Waals surface area contributed by atoms with Crippen LogP contribution in [0.4, 0.5) is 0 Å². The normalized spacial score (nSPS) is 47.2. The van der Waals surface area contributed by atoms with Gasteiger partial charge in [0.1, 0.15) is 6.61 Å². The van der Waals surface area contributed by atoms with Crippen LogP contribution in [0, 0.1) is 113 Å². The van der Waals surface area contributed by atoms with Crippen molar-refractivity contribution in [1.82, 2.24) is 0 Å². The van der Waals surface area contributed by atoms with E-state index in [0.717, 1.165) is 89.2 Å². The van der Waals surface area contributed by atoms with Gasteiger partial charge in [-0.25, -0.2) is 4.79 Å². The Morgan fingerprint density at radius 1 is 0.573 bits per heavy atom. The molecule has 0 amide bonds. The molecule has 0 radical (unpaired) electrons. The molecule has 0 aromatic rings. The summed E-state index contributed by atoms with van der Waals surface area (Å²) < 4.78 is 5.70. The molecule has 10 rings (SSSR count). The maximum atomic E-state index is 12.0. The molecule has 82 heavy (non-hydrogen) atoms. The van der Waals surface area contributed by atoms with E-state index in [2.05, 4.69) is 97.6 Å². The predicted octanol–water partition coefficient (Wildman–Crippen LogP) is 5.70. The SMILES string of the molecule is C=C(C)[C@@H]1CC[C@]2(CO)CC[C@]3(C)[C@H](CC[C@@H]4[C@@]5(C)CC/C(=N/O)[C@](C)(CO)[C@@H]5CC[C@]43C)[C@@H]12.C=C(C)[C@@H]1CC[C@]2(CO)CC[C@]3(C)[C@H](CC[C@@H]4[C@@]5(C)CCC(=NOC(C)=O)[C@](C)(COC(C)=O)[C@@H]5CC[C@]43C)[C@@H]12.CO.O=CO[O-].[H-].[Na+].[Na+]. The van der Waals surface area contributed by atoms with E-state index in [-0.39, 0.29) is 135 Å². The zero-order valence-corrected chi connectivity index (χ0v) is 57.7. The number of carbonyl (C=O) groups excluding carboxylic acids is 3. The second-order valence-electron chi connectivity index (χ2n) is 30.0. The summed E-state index contributed by atoms with van der Waals surface area (Å²) in [6.45, 7) is 36.7. The van der Waals surface area contributed by atoms with Crippen molar-refractivity contribution in [3.8, 4) is 0 Å². The fraction of sp³-hybridized carbons (Fsp3) is 0.864. The summed E-state index contributed by atoms with van der Waals surface area (Å²) in [4.78, 5) is 40.1. The minimum Gasteiger partial charge on any atom is -1.00 e. The van der Waals surface area contributed by atoms with Crippen molar-refractivity contribution in [2.45, 2.75) is 212 Å². The van der Waals surface area contributed by atoms with Crippen LogP contribution in [0.25, 0.3) is 0 Å². The number of carbonyl (C=O) groups is 3. The Balaban J connectivity index is 0.000000318. The Hall–Kier alpha value is -1.17. The van der Waals surface area contributed by atoms with Gasteiger partial charge in [-0.05, 0) is 245 Å². The van der Waals surface area contributed by atoms with Gasteiger partial charge in [0.25, 0.3) is 6.47 Å². The van der Waals surface area contributed by atoms with Gasteiger partial charge in [-0.15, -0.1) is 0 Å². The van der Waals surface area contributed by atoms with Crippen LogP contribution in [0.2, 0.25) is 0 Å². The number of allylic oxidation sites excluding steroid dienone is 2. The predicted molar refractivity (Wildman–Crippen MR) is 309 cm³/mol. The van der Waals surface area contributed by atoms with Gasteiger partial charge in [-0.1, -0.05) is 90.0 Å². The molecular formula is C66H108N2Na2O12. The molecule has 0 saturated heterocycles. The quantitative estimate of drug-likeness (QED) is 0.0274. The molecule has 10 fully saturated rings. The van der Waals surface area contributed by atoms with Crippen LogP contribution in [-0.4, -0.2) is 89.0 Å². The number of esters is 1. The first-order valence-electron chi connectivity index (χ1n) is 31.0. The molecule has 0 aromatic carbocycles. The van der Waals surface area contributed by atoms with Crippen molar-refractivity contribution >= 4 is 29.8 Å². The van der Waals surface area contributed by atoms with Crippen LogP contribution in [0.1, 0.15) is 213 Å². The van der Waals surface area contributed by atoms with E-state index in [1.807, 2.05) is 0 Å². The third-order valence-electron chi connectivity index (χ3n) is 27.6. The third kappa shape index (κ3) is 11.1. The first kappa shape index (κ1) is 71.6. The van der Waals surface area contributed by atoms with Crippen molar-refractivity contribution < 1.29 is 120 Å². The number of oxime groups is 2. The summed E-state index contributed by atoms with van der Waals surface area (Å²) >= 11 is 0. The molecule has 0 spiro atoms. The summed E-state index contributed by atoms with van der Waals surface area (Å²) in [5.41, 5.74) is 4.73. The first-order valence-corrected chi connectivity index (χ1v) is 31.0. The molecule has 0 unspecified atom stereocenters. The summed E-state index contributed by atoms with van der Waals surface area (Å²) in [5, 5.41) is 65.2. The van der Waals surface area contributed by atoms with Gasteiger partial charge in [0.15, 0.2) is 0 Å². The van der Waals surface area contributed by atoms with Crippen LogP contribution in [0.3, 0.4) is 0 Å². The van der Waals surface area contributed by atoms with E-state index in [1.165, 1.54) is 82.8 Å². The van der Waals surface area contributed by atoms with Crippen molar-refractivity contribution in [3.05, 3.63) is 24.3 Å². The van der Waals surface area contributed by atoms with E-state index in [9.17, 15) is 30.1 Å². The molecule has 456 valence electrons. The van der Waals surface area contributed by atoms with Gasteiger partial charge in [0, 0.05) is 45.0 Å². The Morgan fingerprint density at radius 3 is 1.34 bits per heavy atom. The van der Waals surface area contributed by atoms with Crippen LogP contribution in [0.15, 0.2) is 34.6 Å². The average molecular weight is 1170 g/mol. The van der Waals surface area contributed by atoms with Crippen molar-refractivity contribution in [1.29, 1.82) is 0 Å². The summed E-state index contributed by atoms with van der Waals surface area (Å²) in [6.07, 6.45) is 22.4. The Morgan fingerprint density at radius 2 is 0.988 bits per heavy atom. The Bertz CT molecular complexity index is 2400. The second kappa shape index (κ2) is 26.5. The smallest absolute Gasteiger partial charge is 1.00 e. The Labute approximate surface area is 539 Å². The zero-order chi connectivity index (χ0) is 59.5. The topological polar surface area (TPSA) is 228 Å². The fourth-order valence-corrected chi connectivity index (χ4v) is 23.5. The molecule has 0 heterocycles. The Kier molecular flexibility index (Phi) is 23.1. The van der Waals surface area contributed by atoms with Crippen LogP contribution in [-0.2, 0) is 28.8 Å². The summed E-state index contributed by atoms with van der Waals surface area (Å²) in [5.74, 6) is 4.55. The number of hydrogen-bond donors (Lipinski definition) is 5. The van der Waals surface area contributed by atoms with Crippen LogP contribution >= 0.6 is 0 Å². The minimum atomic E-state index is -0.470. The fourth-order valence-electron chi connectivity index (χ4n) is 23.5. The van der Waals surface area contributed by atoms with Gasteiger partial charge in [-0.2, -0.15) is 0 Å². The molecule has 20 atom stereocenters. The van der Waals surface area contributed by atoms with Gasteiger partial charge in [0.2, 0.25) is 0 Å². The van der Waals surface area contributed by atoms with Crippen LogP contribution < -0.4 is 64.4 Å². The molecule has 0 aliphatic heterocycles. The largest absolute Gasteiger partial charge is 1.00 e. The van der Waals surface area contributed by atoms with E-state index < -0.39 is 16.8 Å². The monoisotopic (exact) mass is 1170 g/mol. The number of rotatable bonds is 9. The second-order valence-corrected chi connectivity index (χ2v) is 30.0. The summed E-state index contributed by atoms with van der Waals surface area (Å²) in [6, 6.07) is 0. The van der Waals surface area contributed by atoms with E-state index >= 15 is 0 Å². The summed E-state index contributed by atoms with van der Waals surface area (Å²) in [7, 11) is 1.00. The van der Waals surface area contributed by atoms with Gasteiger partial charge >= 0.3 is 71.1 Å². The number of aliphatic hydroxyl groups excluding tert-OH is 4.